The lowest BCUT2D eigenvalue weighted by Crippen LogP contribution is -2.33. The van der Waals surface area contributed by atoms with Crippen molar-refractivity contribution >= 4 is 21.4 Å². The van der Waals surface area contributed by atoms with Gasteiger partial charge in [-0.2, -0.15) is 4.31 Å². The number of sulfonamides is 1. The molecule has 1 rings (SSSR count). The van der Waals surface area contributed by atoms with Crippen LogP contribution in [-0.4, -0.2) is 32.4 Å². The molecule has 1 aromatic rings. The summed E-state index contributed by atoms with van der Waals surface area (Å²) in [6.45, 7) is 10.8. The summed E-state index contributed by atoms with van der Waals surface area (Å²) in [5.74, 6) is 0.329. The van der Waals surface area contributed by atoms with Crippen molar-refractivity contribution < 1.29 is 8.42 Å². The maximum Gasteiger partial charge on any atom is 0.252 e. The molecule has 0 aliphatic rings. The molecule has 1 N–H and O–H groups in total. The Morgan fingerprint density at radius 1 is 1.30 bits per heavy atom. The first-order chi connectivity index (χ1) is 9.41. The maximum atomic E-state index is 12.6. The van der Waals surface area contributed by atoms with Crippen LogP contribution < -0.4 is 5.32 Å². The van der Waals surface area contributed by atoms with Gasteiger partial charge in [0.1, 0.15) is 4.21 Å². The predicted octanol–water partition coefficient (Wildman–Crippen LogP) is 2.91. The van der Waals surface area contributed by atoms with Gasteiger partial charge in [0.2, 0.25) is 0 Å². The van der Waals surface area contributed by atoms with E-state index in [0.29, 0.717) is 23.2 Å². The summed E-state index contributed by atoms with van der Waals surface area (Å²) >= 11 is 1.37. The number of hydrogen-bond donors (Lipinski definition) is 1. The van der Waals surface area contributed by atoms with Crippen molar-refractivity contribution in [3.05, 3.63) is 17.0 Å². The molecule has 1 aromatic heterocycles. The zero-order valence-corrected chi connectivity index (χ0v) is 14.5. The van der Waals surface area contributed by atoms with Crippen LogP contribution in [0.3, 0.4) is 0 Å². The minimum atomic E-state index is -3.33. The molecule has 0 fully saturated rings. The number of thiophene rings is 1. The average Bonchev–Trinajstić information content (AvgIpc) is 2.85. The van der Waals surface area contributed by atoms with Crippen LogP contribution in [-0.2, 0) is 16.6 Å². The maximum absolute atomic E-state index is 12.6. The number of nitrogens with zero attached hydrogens (tertiary/aromatic N) is 1. The van der Waals surface area contributed by atoms with Crippen LogP contribution in [0.4, 0.5) is 0 Å². The molecule has 4 nitrogen and oxygen atoms in total. The Morgan fingerprint density at radius 3 is 2.55 bits per heavy atom. The Bertz CT molecular complexity index is 495. The standard InChI is InChI=1S/C14H26N2O2S2/c1-5-9-15-10-13-7-8-14(19-13)20(17,18)16(6-2)11-12(3)4/h7-8,12,15H,5-6,9-11H2,1-4H3. The third-order valence-corrected chi connectivity index (χ3v) is 6.37. The van der Waals surface area contributed by atoms with Crippen LogP contribution in [0.5, 0.6) is 0 Å². The first-order valence-corrected chi connectivity index (χ1v) is 9.47. The first-order valence-electron chi connectivity index (χ1n) is 7.21. The van der Waals surface area contributed by atoms with Crippen LogP contribution in [0, 0.1) is 5.92 Å². The molecule has 1 heterocycles. The molecule has 0 unspecified atom stereocenters. The van der Waals surface area contributed by atoms with Crippen molar-refractivity contribution in [3.63, 3.8) is 0 Å². The largest absolute Gasteiger partial charge is 0.312 e. The van der Waals surface area contributed by atoms with Crippen molar-refractivity contribution in [2.75, 3.05) is 19.6 Å². The number of nitrogens with one attached hydrogen (secondary N) is 1. The number of rotatable bonds is 9. The molecule has 116 valence electrons. The molecule has 0 amide bonds. The molecule has 0 atom stereocenters. The average molecular weight is 319 g/mol. The topological polar surface area (TPSA) is 49.4 Å². The van der Waals surface area contributed by atoms with Crippen LogP contribution in [0.15, 0.2) is 16.3 Å². The fourth-order valence-corrected chi connectivity index (χ4v) is 5.00. The highest BCUT2D eigenvalue weighted by molar-refractivity contribution is 7.91. The molecule has 0 spiro atoms. The van der Waals surface area contributed by atoms with E-state index >= 15 is 0 Å². The van der Waals surface area contributed by atoms with E-state index in [1.54, 1.807) is 10.4 Å². The molecule has 0 aromatic carbocycles. The lowest BCUT2D eigenvalue weighted by molar-refractivity contribution is 0.382. The summed E-state index contributed by atoms with van der Waals surface area (Å²) in [6, 6.07) is 3.63. The van der Waals surface area contributed by atoms with Gasteiger partial charge in [-0.3, -0.25) is 0 Å². The van der Waals surface area contributed by atoms with Crippen LogP contribution >= 0.6 is 11.3 Å². The Labute approximate surface area is 127 Å². The van der Waals surface area contributed by atoms with Gasteiger partial charge in [-0.1, -0.05) is 27.7 Å². The van der Waals surface area contributed by atoms with Gasteiger partial charge >= 0.3 is 0 Å². The molecule has 0 aliphatic carbocycles. The van der Waals surface area contributed by atoms with Crippen LogP contribution in [0.25, 0.3) is 0 Å². The number of hydrogen-bond acceptors (Lipinski definition) is 4. The lowest BCUT2D eigenvalue weighted by Gasteiger charge is -2.21. The normalized spacial score (nSPS) is 12.5. The second-order valence-corrected chi connectivity index (χ2v) is 8.58. The van der Waals surface area contributed by atoms with Gasteiger partial charge < -0.3 is 5.32 Å². The summed E-state index contributed by atoms with van der Waals surface area (Å²) in [4.78, 5) is 1.07. The summed E-state index contributed by atoms with van der Waals surface area (Å²) in [5, 5.41) is 3.29. The SMILES string of the molecule is CCCNCc1ccc(S(=O)(=O)N(CC)CC(C)C)s1. The van der Waals surface area contributed by atoms with E-state index < -0.39 is 10.0 Å². The van der Waals surface area contributed by atoms with Gasteiger partial charge in [0.25, 0.3) is 10.0 Å². The van der Waals surface area contributed by atoms with Gasteiger partial charge in [-0.05, 0) is 31.0 Å². The molecular weight excluding hydrogens is 292 g/mol. The lowest BCUT2D eigenvalue weighted by atomic mass is 10.2. The summed E-state index contributed by atoms with van der Waals surface area (Å²) in [5.41, 5.74) is 0. The highest BCUT2D eigenvalue weighted by atomic mass is 32.2. The molecule has 0 saturated carbocycles. The Kier molecular flexibility index (Phi) is 7.15. The second-order valence-electron chi connectivity index (χ2n) is 5.25. The molecule has 20 heavy (non-hydrogen) atoms. The smallest absolute Gasteiger partial charge is 0.252 e. The van der Waals surface area contributed by atoms with E-state index in [1.807, 2.05) is 26.8 Å². The minimum absolute atomic E-state index is 0.329. The fourth-order valence-electron chi connectivity index (χ4n) is 1.91. The summed E-state index contributed by atoms with van der Waals surface area (Å²) < 4.78 is 27.1. The van der Waals surface area contributed by atoms with Crippen LogP contribution in [0.1, 0.15) is 39.0 Å². The van der Waals surface area contributed by atoms with E-state index in [9.17, 15) is 8.42 Å². The quantitative estimate of drug-likeness (QED) is 0.712. The van der Waals surface area contributed by atoms with Crippen molar-refractivity contribution in [1.82, 2.24) is 9.62 Å². The fraction of sp³-hybridized carbons (Fsp3) is 0.714. The summed E-state index contributed by atoms with van der Waals surface area (Å²) in [6.07, 6.45) is 1.08. The zero-order valence-electron chi connectivity index (χ0n) is 12.8. The van der Waals surface area contributed by atoms with Gasteiger partial charge in [0, 0.05) is 24.5 Å². The van der Waals surface area contributed by atoms with Crippen molar-refractivity contribution in [2.45, 2.75) is 44.9 Å². The van der Waals surface area contributed by atoms with E-state index in [2.05, 4.69) is 12.2 Å². The van der Waals surface area contributed by atoms with Crippen molar-refractivity contribution in [3.8, 4) is 0 Å². The third-order valence-electron chi connectivity index (χ3n) is 2.88. The second kappa shape index (κ2) is 8.12. The van der Waals surface area contributed by atoms with Crippen molar-refractivity contribution in [2.24, 2.45) is 5.92 Å². The Morgan fingerprint density at radius 2 is 2.00 bits per heavy atom. The molecular formula is C14H26N2O2S2. The van der Waals surface area contributed by atoms with Gasteiger partial charge in [-0.15, -0.1) is 11.3 Å². The zero-order chi connectivity index (χ0) is 15.2. The van der Waals surface area contributed by atoms with E-state index in [-0.39, 0.29) is 0 Å². The van der Waals surface area contributed by atoms with Gasteiger partial charge in [0.15, 0.2) is 0 Å². The molecule has 0 bridgehead atoms. The molecule has 0 radical (unpaired) electrons. The van der Waals surface area contributed by atoms with Gasteiger partial charge in [0.05, 0.1) is 0 Å². The van der Waals surface area contributed by atoms with Gasteiger partial charge in [-0.25, -0.2) is 8.42 Å². The van der Waals surface area contributed by atoms with E-state index in [4.69, 9.17) is 0 Å². The molecule has 0 aliphatic heterocycles. The van der Waals surface area contributed by atoms with E-state index in [0.717, 1.165) is 24.4 Å². The van der Waals surface area contributed by atoms with E-state index in [1.165, 1.54) is 11.3 Å². The third kappa shape index (κ3) is 4.84. The Hall–Kier alpha value is -0.430. The van der Waals surface area contributed by atoms with Crippen LogP contribution in [0.2, 0.25) is 0 Å². The highest BCUT2D eigenvalue weighted by Crippen LogP contribution is 2.25. The minimum Gasteiger partial charge on any atom is -0.312 e. The van der Waals surface area contributed by atoms with Crippen molar-refractivity contribution in [1.29, 1.82) is 0 Å². The predicted molar refractivity (Wildman–Crippen MR) is 85.6 cm³/mol. The monoisotopic (exact) mass is 318 g/mol. The highest BCUT2D eigenvalue weighted by Gasteiger charge is 2.25. The first kappa shape index (κ1) is 17.6. The molecule has 0 saturated heterocycles. The summed E-state index contributed by atoms with van der Waals surface area (Å²) in [7, 11) is -3.33. The molecule has 6 heteroatoms. The Balaban J connectivity index is 2.81.